The average molecular weight is 463 g/mol. The van der Waals surface area contributed by atoms with Crippen molar-refractivity contribution in [3.05, 3.63) is 76.8 Å². The van der Waals surface area contributed by atoms with Gasteiger partial charge >= 0.3 is 0 Å². The van der Waals surface area contributed by atoms with Gasteiger partial charge in [0.2, 0.25) is 0 Å². The molecule has 0 aromatic heterocycles. The number of benzene rings is 2. The molecule has 1 fully saturated rings. The maximum Gasteiger partial charge on any atom is 0.260 e. The molecule has 34 heavy (non-hydrogen) atoms. The Balaban J connectivity index is 1.44. The molecule has 0 aliphatic carbocycles. The molecule has 0 radical (unpaired) electrons. The molecule has 2 amide bonds. The zero-order chi connectivity index (χ0) is 24.0. The summed E-state index contributed by atoms with van der Waals surface area (Å²) in [6.45, 7) is 5.22. The zero-order valence-electron chi connectivity index (χ0n) is 19.2. The Labute approximate surface area is 197 Å². The Morgan fingerprint density at radius 1 is 1.24 bits per heavy atom. The van der Waals surface area contributed by atoms with Gasteiger partial charge in [-0.1, -0.05) is 12.1 Å². The Bertz CT molecular complexity index is 1230. The third-order valence-corrected chi connectivity index (χ3v) is 6.77. The summed E-state index contributed by atoms with van der Waals surface area (Å²) < 4.78 is 19.8. The van der Waals surface area contributed by atoms with Crippen molar-refractivity contribution >= 4 is 28.6 Å². The molecule has 3 heterocycles. The van der Waals surface area contributed by atoms with Crippen LogP contribution < -0.4 is 5.32 Å². The van der Waals surface area contributed by atoms with Crippen molar-refractivity contribution in [1.29, 1.82) is 0 Å². The number of likely N-dealkylation sites (tertiary alicyclic amines) is 1. The average Bonchev–Trinajstić information content (AvgIpc) is 3.32. The van der Waals surface area contributed by atoms with E-state index in [-0.39, 0.29) is 24.3 Å². The molecule has 6 nitrogen and oxygen atoms in total. The van der Waals surface area contributed by atoms with Crippen molar-refractivity contribution in [1.82, 2.24) is 4.90 Å². The molecule has 2 aromatic carbocycles. The summed E-state index contributed by atoms with van der Waals surface area (Å²) >= 11 is 0. The molecule has 2 aromatic rings. The number of rotatable bonds is 3. The number of piperidine rings is 1. The van der Waals surface area contributed by atoms with Crippen LogP contribution in [0.15, 0.2) is 54.3 Å². The fraction of sp³-hybridized carbons (Fsp3) is 0.333. The summed E-state index contributed by atoms with van der Waals surface area (Å²) in [7, 11) is 0. The van der Waals surface area contributed by atoms with E-state index in [0.717, 1.165) is 24.0 Å². The lowest BCUT2D eigenvalue weighted by Gasteiger charge is -2.32. The van der Waals surface area contributed by atoms with Gasteiger partial charge in [0.15, 0.2) is 0 Å². The molecule has 5 rings (SSSR count). The lowest BCUT2D eigenvalue weighted by atomic mass is 9.91. The molecule has 0 spiro atoms. The molecule has 7 heteroatoms. The lowest BCUT2D eigenvalue weighted by molar-refractivity contribution is -0.111. The maximum atomic E-state index is 13.6. The predicted molar refractivity (Wildman–Crippen MR) is 127 cm³/mol. The molecule has 3 aliphatic heterocycles. The van der Waals surface area contributed by atoms with Gasteiger partial charge in [0.1, 0.15) is 17.2 Å². The predicted octanol–water partition coefficient (Wildman–Crippen LogP) is 4.23. The molecular formula is C27H27FN2O4. The summed E-state index contributed by atoms with van der Waals surface area (Å²) in [4.78, 5) is 27.4. The summed E-state index contributed by atoms with van der Waals surface area (Å²) in [5.74, 6) is -0.200. The number of aliphatic hydroxyl groups excluding tert-OH is 1. The minimum absolute atomic E-state index is 0.0325. The van der Waals surface area contributed by atoms with Crippen molar-refractivity contribution in [2.45, 2.75) is 32.3 Å². The number of nitrogens with zero attached hydrogens (tertiary/aromatic N) is 1. The Hall–Kier alpha value is -3.45. The van der Waals surface area contributed by atoms with E-state index in [0.29, 0.717) is 41.2 Å². The molecular weight excluding hydrogens is 435 g/mol. The summed E-state index contributed by atoms with van der Waals surface area (Å²) in [6.07, 6.45) is 3.69. The maximum absolute atomic E-state index is 13.6. The zero-order valence-corrected chi connectivity index (χ0v) is 19.2. The summed E-state index contributed by atoms with van der Waals surface area (Å²) in [5, 5.41) is 12.2. The van der Waals surface area contributed by atoms with E-state index in [1.54, 1.807) is 6.07 Å². The van der Waals surface area contributed by atoms with Gasteiger partial charge < -0.3 is 20.1 Å². The minimum atomic E-state index is -0.696. The second-order valence-corrected chi connectivity index (χ2v) is 9.57. The van der Waals surface area contributed by atoms with Crippen LogP contribution in [0.5, 0.6) is 0 Å². The van der Waals surface area contributed by atoms with Crippen LogP contribution in [0.4, 0.5) is 10.1 Å². The van der Waals surface area contributed by atoms with Crippen molar-refractivity contribution in [2.75, 3.05) is 25.0 Å². The first-order chi connectivity index (χ1) is 16.3. The number of carbonyl (C=O) groups is 2. The smallest absolute Gasteiger partial charge is 0.260 e. The first-order valence-corrected chi connectivity index (χ1v) is 11.5. The Kier molecular flexibility index (Phi) is 5.52. The number of carbonyl (C=O) groups excluding carboxylic acids is 2. The standard InChI is InChI=1S/C27H27FN2O4/c1-27(2)21(13-23(34-27)24-20-10-9-19(28)12-22(20)29-25(24)32)17-5-7-18(8-6-17)26(33)30-11-3-4-16(14-30)15-31/h5-10,12-13,16,31H,3-4,11,14-15H2,1-2H3,(H,29,32). The number of halogens is 1. The largest absolute Gasteiger partial charge is 0.482 e. The number of ether oxygens (including phenoxy) is 1. The molecule has 0 saturated carbocycles. The normalized spacial score (nSPS) is 23.3. The molecule has 1 saturated heterocycles. The first-order valence-electron chi connectivity index (χ1n) is 11.5. The number of allylic oxidation sites excluding steroid dienone is 1. The molecule has 176 valence electrons. The van der Waals surface area contributed by atoms with E-state index < -0.39 is 11.4 Å². The third-order valence-electron chi connectivity index (χ3n) is 6.77. The number of anilines is 1. The second-order valence-electron chi connectivity index (χ2n) is 9.57. The lowest BCUT2D eigenvalue weighted by Crippen LogP contribution is -2.40. The number of aliphatic hydroxyl groups is 1. The molecule has 0 bridgehead atoms. The van der Waals surface area contributed by atoms with Gasteiger partial charge in [-0.25, -0.2) is 4.39 Å². The highest BCUT2D eigenvalue weighted by atomic mass is 19.1. The first kappa shape index (κ1) is 22.3. The third kappa shape index (κ3) is 3.90. The highest BCUT2D eigenvalue weighted by Gasteiger charge is 2.38. The number of hydrogen-bond acceptors (Lipinski definition) is 4. The van der Waals surface area contributed by atoms with Gasteiger partial charge in [-0.05, 0) is 74.6 Å². The number of amides is 2. The number of fused-ring (bicyclic) bond motifs is 1. The number of hydrogen-bond donors (Lipinski definition) is 2. The van der Waals surface area contributed by atoms with Crippen LogP contribution in [0.2, 0.25) is 0 Å². The van der Waals surface area contributed by atoms with Crippen LogP contribution in [-0.2, 0) is 9.53 Å². The SMILES string of the molecule is CC1(C)OC(=C2C(=O)Nc3cc(F)ccc32)C=C1c1ccc(C(=O)N2CCCC(CO)C2)cc1. The number of nitrogens with one attached hydrogen (secondary N) is 1. The monoisotopic (exact) mass is 462 g/mol. The Morgan fingerprint density at radius 3 is 2.74 bits per heavy atom. The van der Waals surface area contributed by atoms with Crippen LogP contribution in [-0.4, -0.2) is 47.1 Å². The van der Waals surface area contributed by atoms with Gasteiger partial charge in [-0.15, -0.1) is 0 Å². The topological polar surface area (TPSA) is 78.9 Å². The second kappa shape index (κ2) is 8.40. The van der Waals surface area contributed by atoms with E-state index >= 15 is 0 Å². The summed E-state index contributed by atoms with van der Waals surface area (Å²) in [5.41, 5.74) is 3.10. The van der Waals surface area contributed by atoms with E-state index in [2.05, 4.69) is 5.32 Å². The highest BCUT2D eigenvalue weighted by molar-refractivity contribution is 6.32. The van der Waals surface area contributed by atoms with Crippen molar-refractivity contribution in [3.63, 3.8) is 0 Å². The fourth-order valence-electron chi connectivity index (χ4n) is 4.98. The van der Waals surface area contributed by atoms with Gasteiger partial charge in [0, 0.05) is 36.4 Å². The van der Waals surface area contributed by atoms with Crippen molar-refractivity contribution in [3.8, 4) is 0 Å². The van der Waals surface area contributed by atoms with Crippen LogP contribution >= 0.6 is 0 Å². The summed E-state index contributed by atoms with van der Waals surface area (Å²) in [6, 6.07) is 11.6. The van der Waals surface area contributed by atoms with Crippen molar-refractivity contribution < 1.29 is 23.8 Å². The highest BCUT2D eigenvalue weighted by Crippen LogP contribution is 2.44. The van der Waals surface area contributed by atoms with Crippen LogP contribution in [0.25, 0.3) is 11.1 Å². The van der Waals surface area contributed by atoms with E-state index in [9.17, 15) is 19.1 Å². The van der Waals surface area contributed by atoms with Gasteiger partial charge in [-0.3, -0.25) is 9.59 Å². The van der Waals surface area contributed by atoms with E-state index in [1.165, 1.54) is 12.1 Å². The molecule has 1 unspecified atom stereocenters. The van der Waals surface area contributed by atoms with E-state index in [4.69, 9.17) is 4.74 Å². The quantitative estimate of drug-likeness (QED) is 0.670. The van der Waals surface area contributed by atoms with Crippen molar-refractivity contribution in [2.24, 2.45) is 5.92 Å². The minimum Gasteiger partial charge on any atom is -0.482 e. The van der Waals surface area contributed by atoms with Gasteiger partial charge in [0.05, 0.1) is 11.3 Å². The van der Waals surface area contributed by atoms with Gasteiger partial charge in [0.25, 0.3) is 11.8 Å². The molecule has 3 aliphatic rings. The Morgan fingerprint density at radius 2 is 2.00 bits per heavy atom. The van der Waals surface area contributed by atoms with Crippen LogP contribution in [0, 0.1) is 11.7 Å². The van der Waals surface area contributed by atoms with Crippen LogP contribution in [0.1, 0.15) is 48.2 Å². The van der Waals surface area contributed by atoms with Gasteiger partial charge in [-0.2, -0.15) is 0 Å². The molecule has 2 N–H and O–H groups in total. The molecule has 1 atom stereocenters. The fourth-order valence-corrected chi connectivity index (χ4v) is 4.98. The van der Waals surface area contributed by atoms with E-state index in [1.807, 2.05) is 49.1 Å². The van der Waals surface area contributed by atoms with Crippen LogP contribution in [0.3, 0.4) is 0 Å².